The summed E-state index contributed by atoms with van der Waals surface area (Å²) in [5.41, 5.74) is 2.17. The monoisotopic (exact) mass is 405 g/mol. The summed E-state index contributed by atoms with van der Waals surface area (Å²) in [6, 6.07) is 20.4. The van der Waals surface area contributed by atoms with Crippen LogP contribution in [0.4, 0.5) is 0 Å². The van der Waals surface area contributed by atoms with Crippen molar-refractivity contribution in [1.29, 1.82) is 0 Å². The molecule has 5 heteroatoms. The van der Waals surface area contributed by atoms with Crippen LogP contribution in [0.2, 0.25) is 5.02 Å². The molecule has 0 aliphatic heterocycles. The van der Waals surface area contributed by atoms with Gasteiger partial charge in [-0.05, 0) is 35.9 Å². The predicted octanol–water partition coefficient (Wildman–Crippen LogP) is 5.45. The Morgan fingerprint density at radius 3 is 2.72 bits per heavy atom. The highest BCUT2D eigenvalue weighted by atomic mass is 35.5. The minimum absolute atomic E-state index is 0.450. The van der Waals surface area contributed by atoms with Gasteiger partial charge in [0.05, 0.1) is 6.33 Å². The van der Waals surface area contributed by atoms with Gasteiger partial charge >= 0.3 is 0 Å². The lowest BCUT2D eigenvalue weighted by Crippen LogP contribution is -2.17. The molecule has 1 heterocycles. The van der Waals surface area contributed by atoms with Crippen molar-refractivity contribution in [3.63, 3.8) is 0 Å². The van der Waals surface area contributed by atoms with Crippen LogP contribution < -0.4 is 10.1 Å². The minimum Gasteiger partial charge on any atom is -0.488 e. The normalized spacial score (nSPS) is 11.1. The molecule has 0 spiro atoms. The van der Waals surface area contributed by atoms with Crippen LogP contribution in [0.1, 0.15) is 17.5 Å². The Hall–Kier alpha value is -2.82. The molecule has 0 bridgehead atoms. The molecule has 0 amide bonds. The number of hydrogen-bond donors (Lipinski definition) is 1. The Bertz CT molecular complexity index is 1060. The van der Waals surface area contributed by atoms with E-state index in [-0.39, 0.29) is 0 Å². The predicted molar refractivity (Wildman–Crippen MR) is 118 cm³/mol. The van der Waals surface area contributed by atoms with Crippen LogP contribution in [-0.4, -0.2) is 16.1 Å². The second-order valence-corrected chi connectivity index (χ2v) is 7.38. The van der Waals surface area contributed by atoms with Gasteiger partial charge in [-0.2, -0.15) is 0 Å². The van der Waals surface area contributed by atoms with Crippen molar-refractivity contribution in [2.75, 3.05) is 6.54 Å². The van der Waals surface area contributed by atoms with E-state index in [1.54, 1.807) is 0 Å². The van der Waals surface area contributed by atoms with Crippen LogP contribution in [0.25, 0.3) is 10.8 Å². The van der Waals surface area contributed by atoms with E-state index in [1.807, 2.05) is 43.0 Å². The number of aryl methyl sites for hydroxylation is 1. The largest absolute Gasteiger partial charge is 0.488 e. The van der Waals surface area contributed by atoms with Gasteiger partial charge in [-0.15, -0.1) is 0 Å². The van der Waals surface area contributed by atoms with E-state index in [1.165, 1.54) is 16.3 Å². The number of benzene rings is 3. The van der Waals surface area contributed by atoms with E-state index in [2.05, 4.69) is 51.3 Å². The average molecular weight is 406 g/mol. The second-order valence-electron chi connectivity index (χ2n) is 6.97. The Labute approximate surface area is 176 Å². The molecule has 148 valence electrons. The van der Waals surface area contributed by atoms with Gasteiger partial charge in [0.1, 0.15) is 12.4 Å². The molecule has 3 aromatic carbocycles. The molecule has 0 saturated heterocycles. The number of imidazole rings is 1. The van der Waals surface area contributed by atoms with Crippen molar-refractivity contribution >= 4 is 22.4 Å². The van der Waals surface area contributed by atoms with Crippen LogP contribution in [-0.2, 0) is 19.7 Å². The summed E-state index contributed by atoms with van der Waals surface area (Å²) in [4.78, 5) is 4.08. The number of halogens is 1. The number of fused-ring (bicyclic) bond motifs is 1. The van der Waals surface area contributed by atoms with Gasteiger partial charge in [-0.3, -0.25) is 0 Å². The second kappa shape index (κ2) is 9.59. The molecule has 4 rings (SSSR count). The summed E-state index contributed by atoms with van der Waals surface area (Å²) in [6.45, 7) is 3.08. The number of nitrogens with zero attached hydrogens (tertiary/aromatic N) is 2. The molecule has 29 heavy (non-hydrogen) atoms. The summed E-state index contributed by atoms with van der Waals surface area (Å²) in [7, 11) is 0. The Morgan fingerprint density at radius 2 is 1.86 bits per heavy atom. The van der Waals surface area contributed by atoms with E-state index in [4.69, 9.17) is 16.3 Å². The molecule has 0 saturated carbocycles. The van der Waals surface area contributed by atoms with Crippen LogP contribution in [0.5, 0.6) is 5.75 Å². The van der Waals surface area contributed by atoms with Crippen LogP contribution in [0.15, 0.2) is 79.4 Å². The fourth-order valence-corrected chi connectivity index (χ4v) is 3.61. The first-order valence-corrected chi connectivity index (χ1v) is 10.2. The van der Waals surface area contributed by atoms with E-state index in [0.29, 0.717) is 6.61 Å². The van der Waals surface area contributed by atoms with Crippen molar-refractivity contribution in [1.82, 2.24) is 14.9 Å². The van der Waals surface area contributed by atoms with E-state index >= 15 is 0 Å². The maximum atomic E-state index is 6.29. The molecule has 4 aromatic rings. The molecule has 0 aliphatic carbocycles. The van der Waals surface area contributed by atoms with Crippen molar-refractivity contribution in [2.45, 2.75) is 26.1 Å². The quantitative estimate of drug-likeness (QED) is 0.376. The summed E-state index contributed by atoms with van der Waals surface area (Å²) in [5, 5.41) is 6.73. The minimum atomic E-state index is 0.450. The van der Waals surface area contributed by atoms with Gasteiger partial charge in [0, 0.05) is 41.6 Å². The third-order valence-corrected chi connectivity index (χ3v) is 5.34. The first-order chi connectivity index (χ1) is 14.3. The van der Waals surface area contributed by atoms with Crippen molar-refractivity contribution < 1.29 is 4.74 Å². The third kappa shape index (κ3) is 4.97. The van der Waals surface area contributed by atoms with Crippen molar-refractivity contribution in [3.8, 4) is 5.75 Å². The SMILES string of the molecule is Clc1ccccc1COc1ccc2ccccc2c1CNCCCn1ccnc1. The highest BCUT2D eigenvalue weighted by Gasteiger charge is 2.10. The first-order valence-electron chi connectivity index (χ1n) is 9.84. The van der Waals surface area contributed by atoms with Crippen LogP contribution in [0, 0.1) is 0 Å². The van der Waals surface area contributed by atoms with Gasteiger partial charge in [-0.25, -0.2) is 4.98 Å². The lowest BCUT2D eigenvalue weighted by molar-refractivity contribution is 0.303. The highest BCUT2D eigenvalue weighted by Crippen LogP contribution is 2.29. The topological polar surface area (TPSA) is 39.1 Å². The molecule has 1 aromatic heterocycles. The zero-order chi connectivity index (χ0) is 19.9. The molecule has 0 aliphatic rings. The van der Waals surface area contributed by atoms with E-state index in [9.17, 15) is 0 Å². The number of ether oxygens (including phenoxy) is 1. The average Bonchev–Trinajstić information content (AvgIpc) is 3.27. The van der Waals surface area contributed by atoms with Crippen LogP contribution >= 0.6 is 11.6 Å². The van der Waals surface area contributed by atoms with Gasteiger partial charge in [-0.1, -0.05) is 60.1 Å². The van der Waals surface area contributed by atoms with Gasteiger partial charge in [0.15, 0.2) is 0 Å². The maximum absolute atomic E-state index is 6.29. The number of nitrogens with one attached hydrogen (secondary N) is 1. The van der Waals surface area contributed by atoms with Crippen molar-refractivity contribution in [3.05, 3.63) is 95.5 Å². The smallest absolute Gasteiger partial charge is 0.124 e. The van der Waals surface area contributed by atoms with Gasteiger partial charge in [0.25, 0.3) is 0 Å². The zero-order valence-corrected chi connectivity index (χ0v) is 17.0. The Kier molecular flexibility index (Phi) is 6.45. The van der Waals surface area contributed by atoms with Crippen molar-refractivity contribution in [2.24, 2.45) is 0 Å². The first kappa shape index (κ1) is 19.5. The Balaban J connectivity index is 1.46. The number of aromatic nitrogens is 2. The maximum Gasteiger partial charge on any atom is 0.124 e. The fourth-order valence-electron chi connectivity index (χ4n) is 3.42. The van der Waals surface area contributed by atoms with Crippen LogP contribution in [0.3, 0.4) is 0 Å². The summed E-state index contributed by atoms with van der Waals surface area (Å²) in [6.07, 6.45) is 6.69. The zero-order valence-electron chi connectivity index (χ0n) is 16.2. The summed E-state index contributed by atoms with van der Waals surface area (Å²) < 4.78 is 8.29. The molecule has 4 nitrogen and oxygen atoms in total. The van der Waals surface area contributed by atoms with E-state index < -0.39 is 0 Å². The lowest BCUT2D eigenvalue weighted by Gasteiger charge is -2.16. The fraction of sp³-hybridized carbons (Fsp3) is 0.208. The third-order valence-electron chi connectivity index (χ3n) is 4.97. The lowest BCUT2D eigenvalue weighted by atomic mass is 10.0. The summed E-state index contributed by atoms with van der Waals surface area (Å²) >= 11 is 6.29. The van der Waals surface area contributed by atoms with Gasteiger partial charge in [0.2, 0.25) is 0 Å². The Morgan fingerprint density at radius 1 is 1.00 bits per heavy atom. The molecule has 0 radical (unpaired) electrons. The number of hydrogen-bond acceptors (Lipinski definition) is 3. The molecular weight excluding hydrogens is 382 g/mol. The standard InChI is InChI=1S/C24H24ClN3O/c25-23-9-4-2-7-20(23)17-29-24-11-10-19-6-1-3-8-21(19)22(24)16-26-12-5-14-28-15-13-27-18-28/h1-4,6-11,13,15,18,26H,5,12,14,16-17H2. The summed E-state index contributed by atoms with van der Waals surface area (Å²) in [5.74, 6) is 0.894. The molecular formula is C24H24ClN3O. The molecule has 0 atom stereocenters. The van der Waals surface area contributed by atoms with Gasteiger partial charge < -0.3 is 14.6 Å². The number of rotatable bonds is 9. The molecule has 0 unspecified atom stereocenters. The molecule has 1 N–H and O–H groups in total. The molecule has 0 fully saturated rings. The van der Waals surface area contributed by atoms with E-state index in [0.717, 1.165) is 42.4 Å². The highest BCUT2D eigenvalue weighted by molar-refractivity contribution is 6.31.